The second-order valence-electron chi connectivity index (χ2n) is 5.29. The summed E-state index contributed by atoms with van der Waals surface area (Å²) in [7, 11) is -0.429. The summed E-state index contributed by atoms with van der Waals surface area (Å²) in [6.07, 6.45) is 2.28. The maximum absolute atomic E-state index is 12.3. The first-order valence-corrected chi connectivity index (χ1v) is 9.10. The van der Waals surface area contributed by atoms with Gasteiger partial charge in [-0.05, 0) is 19.1 Å². The van der Waals surface area contributed by atoms with Crippen molar-refractivity contribution >= 4 is 10.0 Å². The van der Waals surface area contributed by atoms with Gasteiger partial charge in [0.25, 0.3) is 0 Å². The van der Waals surface area contributed by atoms with Gasteiger partial charge in [-0.1, -0.05) is 6.07 Å². The molecular weight excluding hydrogens is 330 g/mol. The molecule has 8 heteroatoms. The summed E-state index contributed by atoms with van der Waals surface area (Å²) in [5.41, 5.74) is 1.03. The normalized spacial score (nSPS) is 11.6. The van der Waals surface area contributed by atoms with Crippen molar-refractivity contribution in [1.82, 2.24) is 14.3 Å². The van der Waals surface area contributed by atoms with Crippen LogP contribution in [0.5, 0.6) is 5.75 Å². The van der Waals surface area contributed by atoms with E-state index in [4.69, 9.17) is 9.47 Å². The fraction of sp³-hybridized carbons (Fsp3) is 0.438. The summed E-state index contributed by atoms with van der Waals surface area (Å²) in [6.45, 7) is 3.51. The highest BCUT2D eigenvalue weighted by atomic mass is 32.2. The number of ether oxygens (including phenoxy) is 2. The molecule has 1 aromatic carbocycles. The number of hydrogen-bond acceptors (Lipinski definition) is 5. The summed E-state index contributed by atoms with van der Waals surface area (Å²) in [5.74, 6) is 1.33. The Balaban J connectivity index is 2.00. The molecule has 24 heavy (non-hydrogen) atoms. The van der Waals surface area contributed by atoms with Crippen LogP contribution in [0.25, 0.3) is 0 Å². The molecule has 0 radical (unpaired) electrons. The third kappa shape index (κ3) is 4.56. The minimum Gasteiger partial charge on any atom is -0.497 e. The summed E-state index contributed by atoms with van der Waals surface area (Å²) >= 11 is 0. The fourth-order valence-corrected chi connectivity index (χ4v) is 3.41. The van der Waals surface area contributed by atoms with E-state index in [0.29, 0.717) is 25.3 Å². The molecule has 7 nitrogen and oxygen atoms in total. The van der Waals surface area contributed by atoms with Gasteiger partial charge in [-0.15, -0.1) is 0 Å². The van der Waals surface area contributed by atoms with Crippen molar-refractivity contribution in [2.45, 2.75) is 24.8 Å². The zero-order valence-electron chi connectivity index (χ0n) is 14.2. The summed E-state index contributed by atoms with van der Waals surface area (Å²) in [5, 5.41) is 0. The lowest BCUT2D eigenvalue weighted by atomic mass is 10.3. The van der Waals surface area contributed by atoms with E-state index < -0.39 is 10.0 Å². The summed E-state index contributed by atoms with van der Waals surface area (Å²) < 4.78 is 39.5. The van der Waals surface area contributed by atoms with Gasteiger partial charge in [0.05, 0.1) is 18.6 Å². The molecule has 0 aliphatic heterocycles. The molecule has 0 saturated heterocycles. The van der Waals surface area contributed by atoms with Crippen molar-refractivity contribution in [3.8, 4) is 5.75 Å². The quantitative estimate of drug-likeness (QED) is 0.736. The zero-order valence-corrected chi connectivity index (χ0v) is 15.0. The van der Waals surface area contributed by atoms with Gasteiger partial charge >= 0.3 is 0 Å². The van der Waals surface area contributed by atoms with E-state index in [0.717, 1.165) is 11.5 Å². The van der Waals surface area contributed by atoms with Crippen molar-refractivity contribution in [2.75, 3.05) is 27.4 Å². The van der Waals surface area contributed by atoms with Gasteiger partial charge in [-0.3, -0.25) is 0 Å². The van der Waals surface area contributed by atoms with Crippen LogP contribution in [0.3, 0.4) is 0 Å². The van der Waals surface area contributed by atoms with Gasteiger partial charge < -0.3 is 14.0 Å². The van der Waals surface area contributed by atoms with E-state index in [1.165, 1.54) is 19.2 Å². The highest BCUT2D eigenvalue weighted by Gasteiger charge is 2.15. The van der Waals surface area contributed by atoms with Crippen LogP contribution in [0.4, 0.5) is 0 Å². The van der Waals surface area contributed by atoms with Crippen LogP contribution in [0.15, 0.2) is 35.4 Å². The Kier molecular flexibility index (Phi) is 6.36. The Morgan fingerprint density at radius 2 is 2.08 bits per heavy atom. The minimum absolute atomic E-state index is 0.181. The molecule has 0 spiro atoms. The molecule has 0 amide bonds. The van der Waals surface area contributed by atoms with Crippen molar-refractivity contribution in [1.29, 1.82) is 0 Å². The SMILES string of the molecule is COCCn1c(C)cnc1CCNS(=O)(=O)c1cccc(OC)c1. The summed E-state index contributed by atoms with van der Waals surface area (Å²) in [6, 6.07) is 6.38. The first-order chi connectivity index (χ1) is 11.5. The first-order valence-electron chi connectivity index (χ1n) is 7.61. The highest BCUT2D eigenvalue weighted by Crippen LogP contribution is 2.16. The van der Waals surface area contributed by atoms with E-state index in [1.54, 1.807) is 25.4 Å². The molecule has 0 fully saturated rings. The molecule has 1 N–H and O–H groups in total. The van der Waals surface area contributed by atoms with Crippen LogP contribution in [0.1, 0.15) is 11.5 Å². The minimum atomic E-state index is -3.58. The number of aryl methyl sites for hydroxylation is 1. The lowest BCUT2D eigenvalue weighted by molar-refractivity contribution is 0.185. The maximum Gasteiger partial charge on any atom is 0.240 e. The molecule has 2 rings (SSSR count). The number of imidazole rings is 1. The van der Waals surface area contributed by atoms with Gasteiger partial charge in [-0.25, -0.2) is 18.1 Å². The Hall–Kier alpha value is -1.90. The lowest BCUT2D eigenvalue weighted by Gasteiger charge is -2.11. The monoisotopic (exact) mass is 353 g/mol. The van der Waals surface area contributed by atoms with Crippen molar-refractivity contribution in [3.05, 3.63) is 42.0 Å². The van der Waals surface area contributed by atoms with Gasteiger partial charge in [0.1, 0.15) is 11.6 Å². The third-order valence-corrected chi connectivity index (χ3v) is 5.11. The molecule has 132 valence electrons. The summed E-state index contributed by atoms with van der Waals surface area (Å²) in [4.78, 5) is 4.52. The lowest BCUT2D eigenvalue weighted by Crippen LogP contribution is -2.27. The number of hydrogen-bond donors (Lipinski definition) is 1. The van der Waals surface area contributed by atoms with Crippen molar-refractivity contribution < 1.29 is 17.9 Å². The first kappa shape index (κ1) is 18.4. The molecule has 2 aromatic rings. The molecule has 0 unspecified atom stereocenters. The van der Waals surface area contributed by atoms with E-state index in [9.17, 15) is 8.42 Å². The van der Waals surface area contributed by atoms with E-state index in [1.807, 2.05) is 11.5 Å². The Morgan fingerprint density at radius 3 is 2.79 bits per heavy atom. The van der Waals surface area contributed by atoms with Crippen LogP contribution in [-0.4, -0.2) is 45.3 Å². The molecule has 0 bridgehead atoms. The largest absolute Gasteiger partial charge is 0.497 e. The highest BCUT2D eigenvalue weighted by molar-refractivity contribution is 7.89. The second-order valence-corrected chi connectivity index (χ2v) is 7.05. The van der Waals surface area contributed by atoms with Gasteiger partial charge in [0.2, 0.25) is 10.0 Å². The standard InChI is InChI=1S/C16H23N3O4S/c1-13-12-17-16(19(13)9-10-22-2)7-8-18-24(20,21)15-6-4-5-14(11-15)23-3/h4-6,11-12,18H,7-10H2,1-3H3. The average molecular weight is 353 g/mol. The molecule has 0 saturated carbocycles. The van der Waals surface area contributed by atoms with Crippen molar-refractivity contribution in [3.63, 3.8) is 0 Å². The van der Waals surface area contributed by atoms with E-state index in [-0.39, 0.29) is 11.4 Å². The number of rotatable bonds is 9. The smallest absolute Gasteiger partial charge is 0.240 e. The van der Waals surface area contributed by atoms with Crippen LogP contribution in [0, 0.1) is 6.92 Å². The van der Waals surface area contributed by atoms with E-state index >= 15 is 0 Å². The average Bonchev–Trinajstić information content (AvgIpc) is 2.93. The van der Waals surface area contributed by atoms with Gasteiger partial charge in [0, 0.05) is 44.6 Å². The Labute approximate surface area is 142 Å². The van der Waals surface area contributed by atoms with Crippen LogP contribution in [0.2, 0.25) is 0 Å². The molecule has 0 aliphatic carbocycles. The predicted molar refractivity (Wildman–Crippen MR) is 90.7 cm³/mol. The van der Waals surface area contributed by atoms with Crippen molar-refractivity contribution in [2.24, 2.45) is 0 Å². The molecule has 1 aromatic heterocycles. The number of nitrogens with zero attached hydrogens (tertiary/aromatic N) is 2. The van der Waals surface area contributed by atoms with Crippen LogP contribution < -0.4 is 9.46 Å². The number of sulfonamides is 1. The molecule has 0 aliphatic rings. The van der Waals surface area contributed by atoms with Crippen LogP contribution in [-0.2, 0) is 27.7 Å². The number of aromatic nitrogens is 2. The topological polar surface area (TPSA) is 82.5 Å². The molecule has 0 atom stereocenters. The number of methoxy groups -OCH3 is 2. The molecular formula is C16H23N3O4S. The third-order valence-electron chi connectivity index (χ3n) is 3.65. The number of benzene rings is 1. The number of nitrogens with one attached hydrogen (secondary N) is 1. The van der Waals surface area contributed by atoms with Gasteiger partial charge in [-0.2, -0.15) is 0 Å². The maximum atomic E-state index is 12.3. The fourth-order valence-electron chi connectivity index (χ4n) is 2.35. The van der Waals surface area contributed by atoms with E-state index in [2.05, 4.69) is 9.71 Å². The Bertz CT molecular complexity index is 771. The molecule has 1 heterocycles. The zero-order chi connectivity index (χ0) is 17.6. The predicted octanol–water partition coefficient (Wildman–Crippen LogP) is 1.37. The van der Waals surface area contributed by atoms with Gasteiger partial charge in [0.15, 0.2) is 0 Å². The Morgan fingerprint density at radius 1 is 1.29 bits per heavy atom. The van der Waals surface area contributed by atoms with Crippen LogP contribution >= 0.6 is 0 Å². The second kappa shape index (κ2) is 8.27.